The van der Waals surface area contributed by atoms with Gasteiger partial charge in [0.05, 0.1) is 11.5 Å². The monoisotopic (exact) mass is 290 g/mol. The van der Waals surface area contributed by atoms with Crippen LogP contribution in [0.5, 0.6) is 0 Å². The zero-order chi connectivity index (χ0) is 15.3. The van der Waals surface area contributed by atoms with Crippen LogP contribution in [-0.2, 0) is 0 Å². The third-order valence-corrected chi connectivity index (χ3v) is 3.79. The second kappa shape index (κ2) is 4.60. The van der Waals surface area contributed by atoms with E-state index in [-0.39, 0.29) is 0 Å². The SMILES string of the molecule is Cc1cc(C)cc(-c2oc(=O)cc3oc4ccccc4c23)c1. The Bertz CT molecular complexity index is 1050. The van der Waals surface area contributed by atoms with Gasteiger partial charge in [-0.2, -0.15) is 0 Å². The molecular weight excluding hydrogens is 276 g/mol. The highest BCUT2D eigenvalue weighted by Crippen LogP contribution is 2.35. The minimum atomic E-state index is -0.402. The van der Waals surface area contributed by atoms with E-state index < -0.39 is 5.63 Å². The average Bonchev–Trinajstić information content (AvgIpc) is 2.83. The van der Waals surface area contributed by atoms with E-state index in [2.05, 4.69) is 6.07 Å². The van der Waals surface area contributed by atoms with Gasteiger partial charge in [-0.25, -0.2) is 4.79 Å². The van der Waals surface area contributed by atoms with Gasteiger partial charge in [0, 0.05) is 10.9 Å². The highest BCUT2D eigenvalue weighted by molar-refractivity contribution is 6.10. The maximum Gasteiger partial charge on any atom is 0.340 e. The van der Waals surface area contributed by atoms with E-state index in [0.29, 0.717) is 11.3 Å². The predicted molar refractivity (Wildman–Crippen MR) is 87.2 cm³/mol. The predicted octanol–water partition coefficient (Wildman–Crippen LogP) is 4.82. The molecule has 4 aromatic rings. The van der Waals surface area contributed by atoms with Crippen LogP contribution in [0.3, 0.4) is 0 Å². The van der Waals surface area contributed by atoms with Crippen LogP contribution < -0.4 is 5.63 Å². The van der Waals surface area contributed by atoms with Gasteiger partial charge in [0.15, 0.2) is 0 Å². The second-order valence-electron chi connectivity index (χ2n) is 5.61. The van der Waals surface area contributed by atoms with E-state index in [1.54, 1.807) is 0 Å². The van der Waals surface area contributed by atoms with Crippen LogP contribution >= 0.6 is 0 Å². The Hall–Kier alpha value is -2.81. The first-order valence-electron chi connectivity index (χ1n) is 7.16. The fraction of sp³-hybridized carbons (Fsp3) is 0.105. The van der Waals surface area contributed by atoms with Gasteiger partial charge in [0.2, 0.25) is 0 Å². The summed E-state index contributed by atoms with van der Waals surface area (Å²) in [6.07, 6.45) is 0. The fourth-order valence-electron chi connectivity index (χ4n) is 3.00. The van der Waals surface area contributed by atoms with Crippen molar-refractivity contribution in [1.29, 1.82) is 0 Å². The first-order valence-corrected chi connectivity index (χ1v) is 7.16. The summed E-state index contributed by atoms with van der Waals surface area (Å²) in [6.45, 7) is 4.06. The lowest BCUT2D eigenvalue weighted by Crippen LogP contribution is -1.97. The van der Waals surface area contributed by atoms with Crippen molar-refractivity contribution in [1.82, 2.24) is 0 Å². The zero-order valence-corrected chi connectivity index (χ0v) is 12.3. The minimum absolute atomic E-state index is 0.402. The number of furan rings is 1. The van der Waals surface area contributed by atoms with Gasteiger partial charge < -0.3 is 8.83 Å². The van der Waals surface area contributed by atoms with E-state index in [1.165, 1.54) is 6.07 Å². The van der Waals surface area contributed by atoms with Crippen molar-refractivity contribution in [3.05, 3.63) is 70.1 Å². The van der Waals surface area contributed by atoms with E-state index in [4.69, 9.17) is 8.83 Å². The van der Waals surface area contributed by atoms with Crippen LogP contribution in [0.1, 0.15) is 11.1 Å². The molecule has 3 heteroatoms. The van der Waals surface area contributed by atoms with Gasteiger partial charge in [0.25, 0.3) is 0 Å². The first kappa shape index (κ1) is 12.9. The van der Waals surface area contributed by atoms with Crippen LogP contribution in [0.4, 0.5) is 0 Å². The highest BCUT2D eigenvalue weighted by Gasteiger charge is 2.16. The standard InChI is InChI=1S/C19H14O3/c1-11-7-12(2)9-13(8-11)19-18-14-5-3-4-6-15(14)21-16(18)10-17(20)22-19/h3-10H,1-2H3. The summed E-state index contributed by atoms with van der Waals surface area (Å²) >= 11 is 0. The Morgan fingerprint density at radius 2 is 1.55 bits per heavy atom. The van der Waals surface area contributed by atoms with Gasteiger partial charge in [-0.1, -0.05) is 35.4 Å². The van der Waals surface area contributed by atoms with Gasteiger partial charge in [0.1, 0.15) is 16.9 Å². The van der Waals surface area contributed by atoms with Crippen molar-refractivity contribution in [2.24, 2.45) is 0 Å². The summed E-state index contributed by atoms with van der Waals surface area (Å²) in [7, 11) is 0. The van der Waals surface area contributed by atoms with Crippen molar-refractivity contribution in [2.75, 3.05) is 0 Å². The fourth-order valence-corrected chi connectivity index (χ4v) is 3.00. The third-order valence-electron chi connectivity index (χ3n) is 3.79. The van der Waals surface area contributed by atoms with Crippen molar-refractivity contribution < 1.29 is 8.83 Å². The molecule has 0 aliphatic heterocycles. The average molecular weight is 290 g/mol. The lowest BCUT2D eigenvalue weighted by Gasteiger charge is -2.05. The Morgan fingerprint density at radius 1 is 0.818 bits per heavy atom. The van der Waals surface area contributed by atoms with Crippen LogP contribution in [0.25, 0.3) is 33.3 Å². The van der Waals surface area contributed by atoms with E-state index >= 15 is 0 Å². The van der Waals surface area contributed by atoms with Crippen LogP contribution in [0.2, 0.25) is 0 Å². The lowest BCUT2D eigenvalue weighted by molar-refractivity contribution is 0.528. The first-order chi connectivity index (χ1) is 10.6. The molecule has 2 aromatic heterocycles. The molecular formula is C19H14O3. The molecule has 0 aliphatic rings. The number of hydrogen-bond donors (Lipinski definition) is 0. The van der Waals surface area contributed by atoms with Crippen molar-refractivity contribution in [2.45, 2.75) is 13.8 Å². The molecule has 0 unspecified atom stereocenters. The van der Waals surface area contributed by atoms with Crippen molar-refractivity contribution in [3.63, 3.8) is 0 Å². The molecule has 3 nitrogen and oxygen atoms in total. The van der Waals surface area contributed by atoms with E-state index in [9.17, 15) is 4.79 Å². The molecule has 22 heavy (non-hydrogen) atoms. The Labute approximate surface area is 126 Å². The summed E-state index contributed by atoms with van der Waals surface area (Å²) in [5, 5.41) is 1.80. The summed E-state index contributed by atoms with van der Waals surface area (Å²) in [5.41, 5.74) is 4.06. The van der Waals surface area contributed by atoms with E-state index in [1.807, 2.05) is 50.2 Å². The van der Waals surface area contributed by atoms with Crippen LogP contribution in [0, 0.1) is 13.8 Å². The summed E-state index contributed by atoms with van der Waals surface area (Å²) in [6, 6.07) is 15.3. The molecule has 2 aromatic carbocycles. The van der Waals surface area contributed by atoms with Gasteiger partial charge in [-0.3, -0.25) is 0 Å². The van der Waals surface area contributed by atoms with Gasteiger partial charge in [-0.15, -0.1) is 0 Å². The number of aryl methyl sites for hydroxylation is 2. The Kier molecular flexibility index (Phi) is 2.70. The summed E-state index contributed by atoms with van der Waals surface area (Å²) in [5.74, 6) is 0.569. The molecule has 2 heterocycles. The molecule has 0 saturated heterocycles. The number of benzene rings is 2. The quantitative estimate of drug-likeness (QED) is 0.504. The molecule has 0 spiro atoms. The molecule has 0 atom stereocenters. The highest BCUT2D eigenvalue weighted by atomic mass is 16.4. The van der Waals surface area contributed by atoms with Crippen molar-refractivity contribution >= 4 is 21.9 Å². The molecule has 0 N–H and O–H groups in total. The molecule has 0 bridgehead atoms. The molecule has 4 rings (SSSR count). The Morgan fingerprint density at radius 3 is 2.32 bits per heavy atom. The normalized spacial score (nSPS) is 11.4. The molecule has 0 fully saturated rings. The number of rotatable bonds is 1. The lowest BCUT2D eigenvalue weighted by atomic mass is 10.0. The molecule has 0 radical (unpaired) electrons. The number of hydrogen-bond acceptors (Lipinski definition) is 3. The summed E-state index contributed by atoms with van der Waals surface area (Å²) < 4.78 is 11.3. The van der Waals surface area contributed by atoms with Gasteiger partial charge in [-0.05, 0) is 32.0 Å². The molecule has 0 amide bonds. The minimum Gasteiger partial charge on any atom is -0.456 e. The van der Waals surface area contributed by atoms with E-state index in [0.717, 1.165) is 33.0 Å². The van der Waals surface area contributed by atoms with Crippen LogP contribution in [0.15, 0.2) is 62.2 Å². The maximum atomic E-state index is 11.9. The third kappa shape index (κ3) is 1.94. The molecule has 0 aliphatic carbocycles. The maximum absolute atomic E-state index is 11.9. The largest absolute Gasteiger partial charge is 0.456 e. The zero-order valence-electron chi connectivity index (χ0n) is 12.3. The smallest absolute Gasteiger partial charge is 0.340 e. The number of para-hydroxylation sites is 1. The topological polar surface area (TPSA) is 43.4 Å². The molecule has 0 saturated carbocycles. The molecule has 108 valence electrons. The van der Waals surface area contributed by atoms with Crippen molar-refractivity contribution in [3.8, 4) is 11.3 Å². The number of fused-ring (bicyclic) bond motifs is 3. The summed E-state index contributed by atoms with van der Waals surface area (Å²) in [4.78, 5) is 11.9. The van der Waals surface area contributed by atoms with Crippen LogP contribution in [-0.4, -0.2) is 0 Å². The van der Waals surface area contributed by atoms with Gasteiger partial charge >= 0.3 is 5.63 Å². The second-order valence-corrected chi connectivity index (χ2v) is 5.61. The Balaban J connectivity index is 2.18.